The minimum absolute atomic E-state index is 0.0375. The van der Waals surface area contributed by atoms with Gasteiger partial charge in [0.05, 0.1) is 11.0 Å². The molecule has 2 rings (SSSR count). The summed E-state index contributed by atoms with van der Waals surface area (Å²) < 4.78 is 25.8. The van der Waals surface area contributed by atoms with E-state index in [0.29, 0.717) is 0 Å². The van der Waals surface area contributed by atoms with Crippen LogP contribution in [-0.2, 0) is 10.0 Å². The molecule has 1 aromatic carbocycles. The van der Waals surface area contributed by atoms with Crippen molar-refractivity contribution < 1.29 is 13.5 Å². The Kier molecular flexibility index (Phi) is 4.42. The highest BCUT2D eigenvalue weighted by atomic mass is 35.5. The molecule has 0 radical (unpaired) electrons. The zero-order valence-electron chi connectivity index (χ0n) is 10.4. The van der Waals surface area contributed by atoms with Gasteiger partial charge in [-0.3, -0.25) is 0 Å². The minimum Gasteiger partial charge on any atom is -0.391 e. The quantitative estimate of drug-likeness (QED) is 0.905. The standard InChI is InChI=1S/C12H15Cl2NO3S/c1-15(7-12(16)8-2-3-8)19(17,18)11-5-9(13)4-10(14)6-11/h4-6,8,12,16H,2-3,7H2,1H3. The lowest BCUT2D eigenvalue weighted by Gasteiger charge is -2.20. The summed E-state index contributed by atoms with van der Waals surface area (Å²) in [6, 6.07) is 4.17. The van der Waals surface area contributed by atoms with Crippen LogP contribution in [0.1, 0.15) is 12.8 Å². The van der Waals surface area contributed by atoms with Crippen LogP contribution in [0.5, 0.6) is 0 Å². The van der Waals surface area contributed by atoms with Gasteiger partial charge >= 0.3 is 0 Å². The maximum absolute atomic E-state index is 12.3. The smallest absolute Gasteiger partial charge is 0.243 e. The number of hydrogen-bond donors (Lipinski definition) is 1. The van der Waals surface area contributed by atoms with Gasteiger partial charge in [-0.15, -0.1) is 0 Å². The molecule has 0 aliphatic heterocycles. The Morgan fingerprint density at radius 1 is 1.32 bits per heavy atom. The van der Waals surface area contributed by atoms with E-state index >= 15 is 0 Å². The first-order valence-corrected chi connectivity index (χ1v) is 8.11. The van der Waals surface area contributed by atoms with E-state index < -0.39 is 16.1 Å². The number of sulfonamides is 1. The molecule has 19 heavy (non-hydrogen) atoms. The molecule has 0 amide bonds. The molecule has 0 saturated heterocycles. The fourth-order valence-electron chi connectivity index (χ4n) is 1.85. The molecular weight excluding hydrogens is 309 g/mol. The number of hydrogen-bond acceptors (Lipinski definition) is 3. The summed E-state index contributed by atoms with van der Waals surface area (Å²) in [5, 5.41) is 10.4. The fourth-order valence-corrected chi connectivity index (χ4v) is 3.77. The lowest BCUT2D eigenvalue weighted by molar-refractivity contribution is 0.131. The number of likely N-dealkylation sites (N-methyl/N-ethyl adjacent to an activating group) is 1. The van der Waals surface area contributed by atoms with E-state index in [0.717, 1.165) is 17.1 Å². The van der Waals surface area contributed by atoms with Crippen LogP contribution in [0.25, 0.3) is 0 Å². The number of aliphatic hydroxyl groups excluding tert-OH is 1. The van der Waals surface area contributed by atoms with Crippen LogP contribution in [-0.4, -0.2) is 37.5 Å². The van der Waals surface area contributed by atoms with Crippen molar-refractivity contribution >= 4 is 33.2 Å². The number of halogens is 2. The average Bonchev–Trinajstić information content (AvgIpc) is 3.10. The Morgan fingerprint density at radius 2 is 1.84 bits per heavy atom. The molecule has 1 unspecified atom stereocenters. The Balaban J connectivity index is 2.20. The molecule has 1 aliphatic carbocycles. The van der Waals surface area contributed by atoms with Crippen molar-refractivity contribution in [3.05, 3.63) is 28.2 Å². The molecule has 1 atom stereocenters. The van der Waals surface area contributed by atoms with Crippen molar-refractivity contribution in [1.29, 1.82) is 0 Å². The van der Waals surface area contributed by atoms with Crippen molar-refractivity contribution in [2.24, 2.45) is 5.92 Å². The Labute approximate surface area is 123 Å². The van der Waals surface area contributed by atoms with Crippen LogP contribution in [0.4, 0.5) is 0 Å². The highest BCUT2D eigenvalue weighted by Crippen LogP contribution is 2.33. The predicted octanol–water partition coefficient (Wildman–Crippen LogP) is 2.38. The SMILES string of the molecule is CN(CC(O)C1CC1)S(=O)(=O)c1cc(Cl)cc(Cl)c1. The van der Waals surface area contributed by atoms with Crippen molar-refractivity contribution in [3.63, 3.8) is 0 Å². The summed E-state index contributed by atoms with van der Waals surface area (Å²) in [4.78, 5) is 0.0375. The number of aliphatic hydroxyl groups is 1. The third kappa shape index (κ3) is 3.61. The van der Waals surface area contributed by atoms with Gasteiger partial charge in [0, 0.05) is 23.6 Å². The summed E-state index contributed by atoms with van der Waals surface area (Å²) in [5.41, 5.74) is 0. The van der Waals surface area contributed by atoms with Gasteiger partial charge in [-0.25, -0.2) is 8.42 Å². The number of rotatable bonds is 5. The van der Waals surface area contributed by atoms with Crippen molar-refractivity contribution in [1.82, 2.24) is 4.31 Å². The first-order chi connectivity index (χ1) is 8.80. The molecule has 1 aromatic rings. The molecule has 1 aliphatic rings. The summed E-state index contributed by atoms with van der Waals surface area (Å²) >= 11 is 11.6. The van der Waals surface area contributed by atoms with Gasteiger partial charge in [-0.2, -0.15) is 4.31 Å². The molecule has 1 N–H and O–H groups in total. The number of nitrogens with zero attached hydrogens (tertiary/aromatic N) is 1. The zero-order valence-corrected chi connectivity index (χ0v) is 12.7. The van der Waals surface area contributed by atoms with Crippen molar-refractivity contribution in [3.8, 4) is 0 Å². The van der Waals surface area contributed by atoms with Crippen LogP contribution < -0.4 is 0 Å². The van der Waals surface area contributed by atoms with Gasteiger partial charge in [-0.1, -0.05) is 23.2 Å². The van der Waals surface area contributed by atoms with Gasteiger partial charge in [0.15, 0.2) is 0 Å². The molecule has 0 spiro atoms. The van der Waals surface area contributed by atoms with Crippen molar-refractivity contribution in [2.75, 3.05) is 13.6 Å². The van der Waals surface area contributed by atoms with Crippen LogP contribution in [0.15, 0.2) is 23.1 Å². The Morgan fingerprint density at radius 3 is 2.32 bits per heavy atom. The Bertz CT molecular complexity index is 552. The van der Waals surface area contributed by atoms with Gasteiger partial charge in [0.25, 0.3) is 0 Å². The second-order valence-corrected chi connectivity index (χ2v) is 7.71. The predicted molar refractivity (Wildman–Crippen MR) is 75.0 cm³/mol. The minimum atomic E-state index is -3.68. The van der Waals surface area contributed by atoms with E-state index in [1.807, 2.05) is 0 Å². The van der Waals surface area contributed by atoms with E-state index in [1.54, 1.807) is 0 Å². The van der Waals surface area contributed by atoms with E-state index in [-0.39, 0.29) is 27.4 Å². The van der Waals surface area contributed by atoms with Crippen LogP contribution in [0.2, 0.25) is 10.0 Å². The summed E-state index contributed by atoms with van der Waals surface area (Å²) in [6.07, 6.45) is 1.30. The molecule has 0 bridgehead atoms. The third-order valence-corrected chi connectivity index (χ3v) is 5.39. The monoisotopic (exact) mass is 323 g/mol. The van der Waals surface area contributed by atoms with E-state index in [4.69, 9.17) is 23.2 Å². The number of benzene rings is 1. The molecule has 4 nitrogen and oxygen atoms in total. The largest absolute Gasteiger partial charge is 0.391 e. The fraction of sp³-hybridized carbons (Fsp3) is 0.500. The normalized spacial score (nSPS) is 17.7. The molecule has 0 aromatic heterocycles. The summed E-state index contributed by atoms with van der Waals surface area (Å²) in [5.74, 6) is 0.223. The van der Waals surface area contributed by atoms with Gasteiger partial charge in [-0.05, 0) is 37.0 Å². The second kappa shape index (κ2) is 5.58. The summed E-state index contributed by atoms with van der Waals surface area (Å²) in [6.45, 7) is 0.0805. The lowest BCUT2D eigenvalue weighted by Crippen LogP contribution is -2.35. The topological polar surface area (TPSA) is 57.6 Å². The molecule has 1 fully saturated rings. The first-order valence-electron chi connectivity index (χ1n) is 5.91. The van der Waals surface area contributed by atoms with Crippen LogP contribution >= 0.6 is 23.2 Å². The highest BCUT2D eigenvalue weighted by molar-refractivity contribution is 7.89. The first kappa shape index (κ1) is 15.1. The highest BCUT2D eigenvalue weighted by Gasteiger charge is 2.33. The van der Waals surface area contributed by atoms with Crippen molar-refractivity contribution in [2.45, 2.75) is 23.8 Å². The van der Waals surface area contributed by atoms with Crippen LogP contribution in [0.3, 0.4) is 0 Å². The summed E-state index contributed by atoms with van der Waals surface area (Å²) in [7, 11) is -2.24. The third-order valence-electron chi connectivity index (χ3n) is 3.15. The maximum atomic E-state index is 12.3. The molecule has 0 heterocycles. The van der Waals surface area contributed by atoms with Gasteiger partial charge < -0.3 is 5.11 Å². The average molecular weight is 324 g/mol. The lowest BCUT2D eigenvalue weighted by atomic mass is 10.2. The van der Waals surface area contributed by atoms with E-state index in [2.05, 4.69) is 0 Å². The molecule has 7 heteroatoms. The van der Waals surface area contributed by atoms with Crippen LogP contribution in [0, 0.1) is 5.92 Å². The van der Waals surface area contributed by atoms with E-state index in [1.165, 1.54) is 25.2 Å². The van der Waals surface area contributed by atoms with Gasteiger partial charge in [0.1, 0.15) is 0 Å². The Hall–Kier alpha value is -0.330. The maximum Gasteiger partial charge on any atom is 0.243 e. The molecule has 1 saturated carbocycles. The molecular formula is C12H15Cl2NO3S. The zero-order chi connectivity index (χ0) is 14.2. The second-order valence-electron chi connectivity index (χ2n) is 4.80. The van der Waals surface area contributed by atoms with E-state index in [9.17, 15) is 13.5 Å². The molecule has 106 valence electrons. The van der Waals surface area contributed by atoms with Gasteiger partial charge in [0.2, 0.25) is 10.0 Å².